The molecule has 0 radical (unpaired) electrons. The maximum Gasteiger partial charge on any atom is 0.305 e. The van der Waals surface area contributed by atoms with Gasteiger partial charge in [0.1, 0.15) is 24.5 Å². The fourth-order valence-electron chi connectivity index (χ4n) is 4.92. The van der Waals surface area contributed by atoms with Crippen LogP contribution in [0.1, 0.15) is 62.3 Å². The van der Waals surface area contributed by atoms with Gasteiger partial charge in [0.15, 0.2) is 0 Å². The summed E-state index contributed by atoms with van der Waals surface area (Å²) < 4.78 is 10.9. The Labute approximate surface area is 209 Å². The molecule has 1 aliphatic carbocycles. The van der Waals surface area contributed by atoms with E-state index in [0.717, 1.165) is 24.8 Å². The van der Waals surface area contributed by atoms with E-state index in [1.165, 1.54) is 11.1 Å². The molecule has 0 fully saturated rings. The van der Waals surface area contributed by atoms with Crippen molar-refractivity contribution >= 4 is 5.97 Å². The molecule has 0 saturated carbocycles. The van der Waals surface area contributed by atoms with Crippen LogP contribution in [0, 0.1) is 17.2 Å². The molecule has 0 aliphatic heterocycles. The number of aliphatic hydroxyl groups is 1. The van der Waals surface area contributed by atoms with E-state index < -0.39 is 6.10 Å². The summed E-state index contributed by atoms with van der Waals surface area (Å²) in [6.45, 7) is 7.00. The number of aryl methyl sites for hydroxylation is 1. The molecule has 0 spiro atoms. The summed E-state index contributed by atoms with van der Waals surface area (Å²) in [5.41, 5.74) is 4.08. The van der Waals surface area contributed by atoms with E-state index in [-0.39, 0.29) is 18.1 Å². The van der Waals surface area contributed by atoms with Crippen LogP contribution in [0.5, 0.6) is 5.75 Å². The third kappa shape index (κ3) is 8.09. The number of nitrogens with zero attached hydrogens (tertiary/aromatic N) is 1. The first-order valence-electron chi connectivity index (χ1n) is 12.6. The molecule has 6 heteroatoms. The summed E-state index contributed by atoms with van der Waals surface area (Å²) in [6.07, 6.45) is 4.04. The Morgan fingerprint density at radius 1 is 1.20 bits per heavy atom. The zero-order valence-electron chi connectivity index (χ0n) is 21.2. The lowest BCUT2D eigenvalue weighted by molar-refractivity contribution is -0.143. The molecule has 1 aliphatic rings. The van der Waals surface area contributed by atoms with E-state index in [2.05, 4.69) is 49.5 Å². The highest BCUT2D eigenvalue weighted by atomic mass is 16.5. The average Bonchev–Trinajstić information content (AvgIpc) is 3.23. The zero-order valence-corrected chi connectivity index (χ0v) is 21.2. The summed E-state index contributed by atoms with van der Waals surface area (Å²) in [5.74, 6) is 0.862. The molecule has 0 amide bonds. The van der Waals surface area contributed by atoms with Crippen molar-refractivity contribution in [3.8, 4) is 11.8 Å². The number of fused-ring (bicyclic) bond motifs is 1. The summed E-state index contributed by atoms with van der Waals surface area (Å²) >= 11 is 0. The molecule has 0 unspecified atom stereocenters. The number of aliphatic hydroxyl groups excluding tert-OH is 1. The Morgan fingerprint density at radius 2 is 1.91 bits per heavy atom. The molecule has 1 atom stereocenters. The van der Waals surface area contributed by atoms with Crippen LogP contribution in [0.4, 0.5) is 0 Å². The summed E-state index contributed by atoms with van der Waals surface area (Å²) in [5, 5.41) is 23.6. The van der Waals surface area contributed by atoms with Crippen molar-refractivity contribution in [1.29, 1.82) is 5.26 Å². The van der Waals surface area contributed by atoms with Crippen LogP contribution < -0.4 is 10.1 Å². The number of β-amino-alcohol motifs (C(OH)–C–C–N with tert-alkyl or cyclic N) is 1. The predicted molar refractivity (Wildman–Crippen MR) is 136 cm³/mol. The Balaban J connectivity index is 1.48. The lowest BCUT2D eigenvalue weighted by atomic mass is 9.88. The average molecular weight is 479 g/mol. The number of ether oxygens (including phenoxy) is 2. The molecule has 0 heterocycles. The number of carbonyl (C=O) groups is 1. The minimum absolute atomic E-state index is 0.0848. The molecular formula is C29H38N2O4. The molecule has 35 heavy (non-hydrogen) atoms. The number of rotatable bonds is 13. The Bertz CT molecular complexity index is 1000. The van der Waals surface area contributed by atoms with Gasteiger partial charge in [-0.3, -0.25) is 4.79 Å². The molecule has 0 aromatic heterocycles. The van der Waals surface area contributed by atoms with Crippen LogP contribution in [0.3, 0.4) is 0 Å². The van der Waals surface area contributed by atoms with E-state index in [1.54, 1.807) is 13.0 Å². The molecule has 3 rings (SSSR count). The third-order valence-corrected chi connectivity index (χ3v) is 6.52. The van der Waals surface area contributed by atoms with Crippen LogP contribution in [-0.2, 0) is 28.8 Å². The maximum atomic E-state index is 11.6. The number of hydrogen-bond acceptors (Lipinski definition) is 6. The van der Waals surface area contributed by atoms with Crippen LogP contribution in [-0.4, -0.2) is 42.5 Å². The normalized spacial score (nSPS) is 14.3. The molecule has 2 N–H and O–H groups in total. The number of para-hydroxylation sites is 1. The fraction of sp³-hybridized carbons (Fsp3) is 0.517. The minimum atomic E-state index is -0.714. The minimum Gasteiger partial charge on any atom is -0.489 e. The van der Waals surface area contributed by atoms with E-state index in [4.69, 9.17) is 9.47 Å². The topological polar surface area (TPSA) is 91.6 Å². The Hall–Kier alpha value is -2.88. The van der Waals surface area contributed by atoms with Gasteiger partial charge in [-0.1, -0.05) is 36.4 Å². The number of carbonyl (C=O) groups excluding carboxylic acids is 1. The smallest absolute Gasteiger partial charge is 0.305 e. The number of benzene rings is 2. The molecule has 188 valence electrons. The van der Waals surface area contributed by atoms with Crippen molar-refractivity contribution in [3.63, 3.8) is 0 Å². The highest BCUT2D eigenvalue weighted by Gasteiger charge is 2.28. The number of nitrogens with one attached hydrogen (secondary N) is 1. The van der Waals surface area contributed by atoms with Crippen molar-refractivity contribution in [2.75, 3.05) is 19.8 Å². The number of hydrogen-bond donors (Lipinski definition) is 2. The van der Waals surface area contributed by atoms with Gasteiger partial charge in [-0.15, -0.1) is 0 Å². The lowest BCUT2D eigenvalue weighted by Crippen LogP contribution is -2.46. The van der Waals surface area contributed by atoms with Gasteiger partial charge in [-0.2, -0.15) is 5.26 Å². The fourth-order valence-corrected chi connectivity index (χ4v) is 4.92. The van der Waals surface area contributed by atoms with Gasteiger partial charge in [-0.05, 0) is 81.5 Å². The van der Waals surface area contributed by atoms with Gasteiger partial charge in [0.05, 0.1) is 12.2 Å². The molecule has 6 nitrogen and oxygen atoms in total. The second kappa shape index (κ2) is 12.7. The van der Waals surface area contributed by atoms with Crippen molar-refractivity contribution in [3.05, 3.63) is 64.7 Å². The molecule has 0 saturated heterocycles. The summed E-state index contributed by atoms with van der Waals surface area (Å²) in [6, 6.07) is 16.2. The van der Waals surface area contributed by atoms with Gasteiger partial charge in [0.2, 0.25) is 0 Å². The SMILES string of the molecule is CCOC(=O)CCCc1cccc(C#N)c1OC[C@H](O)CNC(C)(C)CC1Cc2ccccc2C1. The van der Waals surface area contributed by atoms with Crippen molar-refractivity contribution in [2.24, 2.45) is 5.92 Å². The number of esters is 1. The van der Waals surface area contributed by atoms with Gasteiger partial charge in [0, 0.05) is 18.5 Å². The molecule has 2 aromatic rings. The molecule has 0 bridgehead atoms. The van der Waals surface area contributed by atoms with E-state index >= 15 is 0 Å². The van der Waals surface area contributed by atoms with Crippen LogP contribution >= 0.6 is 0 Å². The van der Waals surface area contributed by atoms with Crippen LogP contribution in [0.25, 0.3) is 0 Å². The van der Waals surface area contributed by atoms with Crippen molar-refractivity contribution < 1.29 is 19.4 Å². The van der Waals surface area contributed by atoms with E-state index in [9.17, 15) is 15.2 Å². The second-order valence-corrected chi connectivity index (χ2v) is 10.0. The maximum absolute atomic E-state index is 11.6. The highest BCUT2D eigenvalue weighted by molar-refractivity contribution is 5.69. The summed E-state index contributed by atoms with van der Waals surface area (Å²) in [4.78, 5) is 11.6. The monoisotopic (exact) mass is 478 g/mol. The first-order chi connectivity index (χ1) is 16.8. The largest absolute Gasteiger partial charge is 0.489 e. The molecule has 2 aromatic carbocycles. The highest BCUT2D eigenvalue weighted by Crippen LogP contribution is 2.32. The van der Waals surface area contributed by atoms with Crippen molar-refractivity contribution in [2.45, 2.75) is 70.9 Å². The van der Waals surface area contributed by atoms with Crippen LogP contribution in [0.2, 0.25) is 0 Å². The van der Waals surface area contributed by atoms with Crippen molar-refractivity contribution in [1.82, 2.24) is 5.32 Å². The predicted octanol–water partition coefficient (Wildman–Crippen LogP) is 4.36. The standard InChI is InChI=1S/C29H38N2O4/c1-4-34-27(33)14-8-12-22-11-7-13-25(18-30)28(22)35-20-26(32)19-31-29(2,3)17-21-15-23-9-5-6-10-24(23)16-21/h5-7,9-11,13,21,26,31-32H,4,8,12,14-17,19-20H2,1-3H3/t26-/m1/s1. The van der Waals surface area contributed by atoms with E-state index in [0.29, 0.717) is 49.6 Å². The van der Waals surface area contributed by atoms with E-state index in [1.807, 2.05) is 12.1 Å². The third-order valence-electron chi connectivity index (χ3n) is 6.52. The number of nitriles is 1. The zero-order chi connectivity index (χ0) is 25.3. The Morgan fingerprint density at radius 3 is 2.57 bits per heavy atom. The first kappa shape index (κ1) is 26.7. The first-order valence-corrected chi connectivity index (χ1v) is 12.6. The van der Waals surface area contributed by atoms with Gasteiger partial charge >= 0.3 is 5.97 Å². The second-order valence-electron chi connectivity index (χ2n) is 10.0. The van der Waals surface area contributed by atoms with Crippen LogP contribution in [0.15, 0.2) is 42.5 Å². The molecular weight excluding hydrogens is 440 g/mol. The van der Waals surface area contributed by atoms with Gasteiger partial charge in [0.25, 0.3) is 0 Å². The summed E-state index contributed by atoms with van der Waals surface area (Å²) in [7, 11) is 0. The Kier molecular flexibility index (Phi) is 9.71. The van der Waals surface area contributed by atoms with Gasteiger partial charge in [-0.25, -0.2) is 0 Å². The quantitative estimate of drug-likeness (QED) is 0.416. The van der Waals surface area contributed by atoms with Gasteiger partial charge < -0.3 is 19.9 Å². The lowest BCUT2D eigenvalue weighted by Gasteiger charge is -2.30.